The van der Waals surface area contributed by atoms with E-state index in [1.54, 1.807) is 13.8 Å². The number of allylic oxidation sites excluding steroid dienone is 2. The molecule has 2 bridgehead atoms. The normalized spacial score (nSPS) is 29.4. The molecule has 1 aromatic heterocycles. The van der Waals surface area contributed by atoms with E-state index in [1.807, 2.05) is 0 Å². The van der Waals surface area contributed by atoms with Gasteiger partial charge in [-0.15, -0.1) is 5.10 Å². The van der Waals surface area contributed by atoms with Crippen LogP contribution in [0, 0.1) is 37.5 Å². The Bertz CT molecular complexity index is 775. The predicted molar refractivity (Wildman–Crippen MR) is 87.0 cm³/mol. The molecule has 1 N–H and O–H groups in total. The molecule has 8 nitrogen and oxygen atoms in total. The Morgan fingerprint density at radius 3 is 2.36 bits per heavy atom. The van der Waals surface area contributed by atoms with Gasteiger partial charge in [0.1, 0.15) is 0 Å². The minimum atomic E-state index is -0.344. The predicted octanol–water partition coefficient (Wildman–Crippen LogP) is 0.624. The molecule has 0 aromatic carbocycles. The zero-order chi connectivity index (χ0) is 17.7. The van der Waals surface area contributed by atoms with Gasteiger partial charge in [-0.2, -0.15) is 5.10 Å². The van der Waals surface area contributed by atoms with Crippen molar-refractivity contribution in [3.8, 4) is 0 Å². The first-order chi connectivity index (χ1) is 12.0. The van der Waals surface area contributed by atoms with Crippen molar-refractivity contribution in [3.63, 3.8) is 0 Å². The van der Waals surface area contributed by atoms with Crippen molar-refractivity contribution in [2.45, 2.75) is 26.7 Å². The Hall–Kier alpha value is -2.64. The molecule has 2 heterocycles. The summed E-state index contributed by atoms with van der Waals surface area (Å²) in [5, 5.41) is 10.3. The SMILES string of the molecule is Cc1nnc(NC(=O)CCN2C(=O)[C@H]3[C@H](C2=O)[C@H]2C=C[C@H]3C2)nc1C. The van der Waals surface area contributed by atoms with Gasteiger partial charge >= 0.3 is 0 Å². The zero-order valence-electron chi connectivity index (χ0n) is 14.1. The summed E-state index contributed by atoms with van der Waals surface area (Å²) >= 11 is 0. The number of hydrogen-bond acceptors (Lipinski definition) is 6. The molecular formula is C17H19N5O3. The van der Waals surface area contributed by atoms with Gasteiger partial charge in [0, 0.05) is 13.0 Å². The number of carbonyl (C=O) groups excluding carboxylic acids is 3. The number of nitrogens with zero attached hydrogens (tertiary/aromatic N) is 4. The van der Waals surface area contributed by atoms with E-state index in [4.69, 9.17) is 0 Å². The van der Waals surface area contributed by atoms with Gasteiger partial charge in [-0.05, 0) is 32.1 Å². The van der Waals surface area contributed by atoms with Crippen LogP contribution in [-0.4, -0.2) is 44.3 Å². The van der Waals surface area contributed by atoms with Crippen LogP contribution in [0.2, 0.25) is 0 Å². The molecule has 4 atom stereocenters. The van der Waals surface area contributed by atoms with Crippen LogP contribution in [0.5, 0.6) is 0 Å². The van der Waals surface area contributed by atoms with E-state index in [-0.39, 0.29) is 60.3 Å². The van der Waals surface area contributed by atoms with E-state index in [0.29, 0.717) is 11.4 Å². The Labute approximate surface area is 144 Å². The van der Waals surface area contributed by atoms with E-state index in [9.17, 15) is 14.4 Å². The highest BCUT2D eigenvalue weighted by Gasteiger charge is 2.58. The lowest BCUT2D eigenvalue weighted by Gasteiger charge is -2.16. The number of rotatable bonds is 4. The second-order valence-electron chi connectivity index (χ2n) is 6.93. The minimum Gasteiger partial charge on any atom is -0.293 e. The maximum Gasteiger partial charge on any atom is 0.249 e. The van der Waals surface area contributed by atoms with Crippen molar-refractivity contribution in [1.29, 1.82) is 0 Å². The second kappa shape index (κ2) is 5.72. The molecule has 130 valence electrons. The Balaban J connectivity index is 1.37. The molecule has 3 amide bonds. The summed E-state index contributed by atoms with van der Waals surface area (Å²) in [7, 11) is 0. The standard InChI is InChI=1S/C17H19N5O3/c1-8-9(2)20-21-17(18-8)19-12(23)5-6-22-15(24)13-10-3-4-11(7-10)14(13)16(22)25/h3-4,10-11,13-14H,5-7H2,1-2H3,(H,18,19,21,23)/t10-,11-,13+,14+/m0/s1. The van der Waals surface area contributed by atoms with E-state index < -0.39 is 0 Å². The van der Waals surface area contributed by atoms with Crippen LogP contribution < -0.4 is 5.32 Å². The minimum absolute atomic E-state index is 0.0238. The number of aromatic nitrogens is 3. The van der Waals surface area contributed by atoms with Crippen LogP contribution in [0.15, 0.2) is 12.2 Å². The topological polar surface area (TPSA) is 105 Å². The van der Waals surface area contributed by atoms with Gasteiger partial charge in [0.25, 0.3) is 0 Å². The molecule has 2 aliphatic carbocycles. The molecule has 0 radical (unpaired) electrons. The summed E-state index contributed by atoms with van der Waals surface area (Å²) in [5.74, 6) is -0.571. The van der Waals surface area contributed by atoms with Crippen LogP contribution in [0.1, 0.15) is 24.2 Å². The van der Waals surface area contributed by atoms with Crippen LogP contribution >= 0.6 is 0 Å². The molecule has 0 unspecified atom stereocenters. The number of hydrogen-bond donors (Lipinski definition) is 1. The molecule has 2 fully saturated rings. The smallest absolute Gasteiger partial charge is 0.249 e. The van der Waals surface area contributed by atoms with Gasteiger partial charge in [-0.1, -0.05) is 12.2 Å². The summed E-state index contributed by atoms with van der Waals surface area (Å²) in [5.41, 5.74) is 1.38. The number of anilines is 1. The summed E-state index contributed by atoms with van der Waals surface area (Å²) in [6.07, 6.45) is 5.03. The molecule has 8 heteroatoms. The van der Waals surface area contributed by atoms with Crippen molar-refractivity contribution in [3.05, 3.63) is 23.5 Å². The Kier molecular flexibility index (Phi) is 3.63. The summed E-state index contributed by atoms with van der Waals surface area (Å²) in [4.78, 5) is 42.6. The van der Waals surface area contributed by atoms with Gasteiger partial charge in [0.15, 0.2) is 0 Å². The third-order valence-corrected chi connectivity index (χ3v) is 5.47. The lowest BCUT2D eigenvalue weighted by atomic mass is 9.85. The third kappa shape index (κ3) is 2.52. The average molecular weight is 341 g/mol. The highest BCUT2D eigenvalue weighted by Crippen LogP contribution is 2.52. The summed E-state index contributed by atoms with van der Waals surface area (Å²) in [6, 6.07) is 0. The molecule has 4 rings (SSSR count). The molecular weight excluding hydrogens is 322 g/mol. The number of amides is 3. The van der Waals surface area contributed by atoms with Crippen molar-refractivity contribution < 1.29 is 14.4 Å². The van der Waals surface area contributed by atoms with Gasteiger partial charge < -0.3 is 0 Å². The number of nitrogens with one attached hydrogen (secondary N) is 1. The molecule has 0 spiro atoms. The van der Waals surface area contributed by atoms with Crippen molar-refractivity contribution in [2.24, 2.45) is 23.7 Å². The fraction of sp³-hybridized carbons (Fsp3) is 0.529. The number of imide groups is 1. The first-order valence-electron chi connectivity index (χ1n) is 8.47. The van der Waals surface area contributed by atoms with E-state index in [0.717, 1.165) is 6.42 Å². The highest BCUT2D eigenvalue weighted by molar-refractivity contribution is 6.06. The van der Waals surface area contributed by atoms with Gasteiger partial charge in [-0.3, -0.25) is 24.6 Å². The number of aryl methyl sites for hydroxylation is 2. The fourth-order valence-electron chi connectivity index (χ4n) is 4.09. The van der Waals surface area contributed by atoms with Crippen LogP contribution in [-0.2, 0) is 14.4 Å². The quantitative estimate of drug-likeness (QED) is 0.636. The molecule has 1 saturated carbocycles. The van der Waals surface area contributed by atoms with Crippen LogP contribution in [0.4, 0.5) is 5.95 Å². The number of carbonyl (C=O) groups is 3. The molecule has 1 aliphatic heterocycles. The van der Waals surface area contributed by atoms with Crippen molar-refractivity contribution >= 4 is 23.7 Å². The number of likely N-dealkylation sites (tertiary alicyclic amines) is 1. The monoisotopic (exact) mass is 341 g/mol. The molecule has 1 aromatic rings. The maximum atomic E-state index is 12.5. The van der Waals surface area contributed by atoms with Crippen molar-refractivity contribution in [2.75, 3.05) is 11.9 Å². The molecule has 3 aliphatic rings. The van der Waals surface area contributed by atoms with Crippen LogP contribution in [0.3, 0.4) is 0 Å². The molecule has 1 saturated heterocycles. The van der Waals surface area contributed by atoms with E-state index >= 15 is 0 Å². The summed E-state index contributed by atoms with van der Waals surface area (Å²) in [6.45, 7) is 3.65. The lowest BCUT2D eigenvalue weighted by Crippen LogP contribution is -2.35. The van der Waals surface area contributed by atoms with Crippen molar-refractivity contribution in [1.82, 2.24) is 20.1 Å². The average Bonchev–Trinajstić information content (AvgIpc) is 3.24. The largest absolute Gasteiger partial charge is 0.293 e. The maximum absolute atomic E-state index is 12.5. The Morgan fingerprint density at radius 2 is 1.76 bits per heavy atom. The number of fused-ring (bicyclic) bond motifs is 5. The zero-order valence-corrected chi connectivity index (χ0v) is 14.1. The second-order valence-corrected chi connectivity index (χ2v) is 6.93. The van der Waals surface area contributed by atoms with Gasteiger partial charge in [0.05, 0.1) is 23.2 Å². The summed E-state index contributed by atoms with van der Waals surface area (Å²) < 4.78 is 0. The first-order valence-corrected chi connectivity index (χ1v) is 8.47. The van der Waals surface area contributed by atoms with Gasteiger partial charge in [0.2, 0.25) is 23.7 Å². The molecule has 25 heavy (non-hydrogen) atoms. The lowest BCUT2D eigenvalue weighted by molar-refractivity contribution is -0.140. The van der Waals surface area contributed by atoms with E-state index in [2.05, 4.69) is 32.7 Å². The Morgan fingerprint density at radius 1 is 1.12 bits per heavy atom. The third-order valence-electron chi connectivity index (χ3n) is 5.47. The van der Waals surface area contributed by atoms with Gasteiger partial charge in [-0.25, -0.2) is 4.98 Å². The van der Waals surface area contributed by atoms with E-state index in [1.165, 1.54) is 4.90 Å². The highest BCUT2D eigenvalue weighted by atomic mass is 16.2. The first kappa shape index (κ1) is 15.9. The van der Waals surface area contributed by atoms with Crippen LogP contribution in [0.25, 0.3) is 0 Å². The fourth-order valence-corrected chi connectivity index (χ4v) is 4.09.